The van der Waals surface area contributed by atoms with Gasteiger partial charge in [-0.2, -0.15) is 17.6 Å². The second-order valence-corrected chi connectivity index (χ2v) is 23.9. The van der Waals surface area contributed by atoms with E-state index in [9.17, 15) is 64.2 Å². The van der Waals surface area contributed by atoms with Gasteiger partial charge < -0.3 is 19.6 Å². The maximum absolute atomic E-state index is 13.2. The van der Waals surface area contributed by atoms with Crippen molar-refractivity contribution in [2.75, 3.05) is 0 Å². The molecule has 0 spiro atoms. The number of pyridine rings is 5. The molecule has 0 unspecified atom stereocenters. The number of hydrogen-bond donors (Lipinski definition) is 2. The average molecular weight is 1550 g/mol. The number of Topliss-reactive ketones (excluding diaryl/α,β-unsaturated/α-hetero) is 4. The maximum Gasteiger partial charge on any atom is 0.387 e. The van der Waals surface area contributed by atoms with Gasteiger partial charge in [0.1, 0.15) is 17.0 Å². The molecule has 26 nitrogen and oxygen atoms in total. The number of H-pyrrole nitrogens is 1. The Bertz CT molecular complexity index is 5910. The van der Waals surface area contributed by atoms with E-state index in [0.717, 1.165) is 70.6 Å². The number of nitrogens with one attached hydrogen (secondary N) is 1. The number of fused-ring (bicyclic) bond motifs is 5. The van der Waals surface area contributed by atoms with Gasteiger partial charge in [0.25, 0.3) is 0 Å². The van der Waals surface area contributed by atoms with Crippen LogP contribution in [0.5, 0.6) is 11.5 Å². The van der Waals surface area contributed by atoms with Crippen molar-refractivity contribution < 1.29 is 73.7 Å². The number of rotatable bonds is 15. The molecule has 2 aromatic carbocycles. The molecule has 0 saturated carbocycles. The van der Waals surface area contributed by atoms with E-state index < -0.39 is 42.5 Å². The molecule has 0 saturated heterocycles. The van der Waals surface area contributed by atoms with Gasteiger partial charge in [-0.15, -0.1) is 0 Å². The molecule has 0 fully saturated rings. The summed E-state index contributed by atoms with van der Waals surface area (Å²) in [6.07, 6.45) is 24.1. The summed E-state index contributed by atoms with van der Waals surface area (Å²) >= 11 is 3.39. The molecule has 14 aromatic heterocycles. The van der Waals surface area contributed by atoms with Crippen molar-refractivity contribution in [1.29, 1.82) is 0 Å². The summed E-state index contributed by atoms with van der Waals surface area (Å²) in [5, 5.41) is 9.27. The zero-order valence-corrected chi connectivity index (χ0v) is 58.1. The van der Waals surface area contributed by atoms with E-state index >= 15 is 0 Å². The van der Waals surface area contributed by atoms with Gasteiger partial charge in [0.15, 0.2) is 46.4 Å². The van der Waals surface area contributed by atoms with Gasteiger partial charge in [-0.05, 0) is 121 Å². The van der Waals surface area contributed by atoms with E-state index in [1.54, 1.807) is 87.2 Å². The molecule has 0 aliphatic rings. The van der Waals surface area contributed by atoms with Crippen molar-refractivity contribution >= 4 is 100 Å². The van der Waals surface area contributed by atoms with Crippen LogP contribution in [-0.4, -0.2) is 135 Å². The van der Waals surface area contributed by atoms with E-state index in [4.69, 9.17) is 0 Å². The second-order valence-electron chi connectivity index (χ2n) is 23.0. The maximum atomic E-state index is 13.2. The van der Waals surface area contributed by atoms with Crippen molar-refractivity contribution in [2.24, 2.45) is 0 Å². The zero-order chi connectivity index (χ0) is 77.3. The largest absolute Gasteiger partial charge is 0.478 e. The highest BCUT2D eigenvalue weighted by atomic mass is 79.9. The smallest absolute Gasteiger partial charge is 0.387 e. The first-order valence-corrected chi connectivity index (χ1v) is 32.5. The lowest BCUT2D eigenvalue weighted by molar-refractivity contribution is -0.0505. The predicted molar refractivity (Wildman–Crippen MR) is 381 cm³/mol. The number of benzene rings is 2. The van der Waals surface area contributed by atoms with Crippen LogP contribution in [0.2, 0.25) is 0 Å². The summed E-state index contributed by atoms with van der Waals surface area (Å²) in [4.78, 5) is 113. The minimum atomic E-state index is -2.98. The minimum Gasteiger partial charge on any atom is -0.478 e. The van der Waals surface area contributed by atoms with Crippen molar-refractivity contribution in [3.63, 3.8) is 0 Å². The third kappa shape index (κ3) is 17.3. The van der Waals surface area contributed by atoms with Gasteiger partial charge in [0.2, 0.25) is 23.8 Å². The number of hydrogen-bond acceptors (Lipinski definition) is 20. The van der Waals surface area contributed by atoms with Crippen LogP contribution in [0.3, 0.4) is 0 Å². The van der Waals surface area contributed by atoms with Crippen LogP contribution in [0.1, 0.15) is 79.5 Å². The number of halogens is 9. The molecule has 0 bridgehead atoms. The Morgan fingerprint density at radius 3 is 1.18 bits per heavy atom. The highest BCUT2D eigenvalue weighted by Crippen LogP contribution is 2.36. The number of aromatic carboxylic acids is 1. The van der Waals surface area contributed by atoms with Crippen molar-refractivity contribution in [3.8, 4) is 57.5 Å². The first-order chi connectivity index (χ1) is 52.3. The van der Waals surface area contributed by atoms with Crippen LogP contribution >= 0.6 is 15.9 Å². The molecule has 0 atom stereocenters. The lowest BCUT2D eigenvalue weighted by Gasteiger charge is -2.06. The van der Waals surface area contributed by atoms with Crippen molar-refractivity contribution in [1.82, 2.24) is 88.0 Å². The lowest BCUT2D eigenvalue weighted by atomic mass is 10.1. The summed E-state index contributed by atoms with van der Waals surface area (Å²) in [5.41, 5.74) is 10.4. The number of ketones is 4. The Labute approximate surface area is 615 Å². The number of nitrogens with zero attached hydrogens (tertiary/aromatic N) is 17. The zero-order valence-electron chi connectivity index (χ0n) is 56.5. The molecule has 35 heteroatoms. The molecule has 0 radical (unpaired) electrons. The van der Waals surface area contributed by atoms with Gasteiger partial charge in [-0.3, -0.25) is 62.4 Å². The van der Waals surface area contributed by atoms with Gasteiger partial charge in [-0.1, -0.05) is 24.3 Å². The summed E-state index contributed by atoms with van der Waals surface area (Å²) in [6, 6.07) is 24.0. The molecular formula is C74H49BrF8N18O8. The second kappa shape index (κ2) is 32.5. The molecule has 16 rings (SSSR count). The number of alkyl halides is 4. The molecule has 0 amide bonds. The van der Waals surface area contributed by atoms with Crippen molar-refractivity contribution in [3.05, 3.63) is 258 Å². The monoisotopic (exact) mass is 1550 g/mol. The number of carbonyl (C=O) groups excluding carboxylic acids is 4. The third-order valence-electron chi connectivity index (χ3n) is 15.7. The first kappa shape index (κ1) is 74.6. The minimum absolute atomic E-state index is 0.00297. The molecule has 546 valence electrons. The summed E-state index contributed by atoms with van der Waals surface area (Å²) < 4.78 is 118. The number of aromatic nitrogens is 18. The van der Waals surface area contributed by atoms with E-state index in [0.29, 0.717) is 95.0 Å². The third-order valence-corrected chi connectivity index (χ3v) is 16.3. The molecule has 109 heavy (non-hydrogen) atoms. The number of carboxylic acid groups (broad SMARTS) is 1. The normalized spacial score (nSPS) is 11.0. The Hall–Kier alpha value is -14.1. The standard InChI is InChI=1S/C20H13F3N4O2.C19H11F3N4O3.C13H8BrFN4O.C13H9FN4O.C9H8N2O/c1-11(28)13-6-17-18(24-7-13)16(10-27(17)20-25-8-14(21)9-26-20)12-3-2-4-15(5-12)29-19(22)23;20-12-7-24-19(25-8-12)26-9-14(10-2-1-3-13(4-10)29-18(21)22)16-15(26)5-11(6-23-16)17(27)28;1-7(20)8-2-11-12(16-3-8)10(14)6-19(11)13-17-4-9(15)5-18-13;1-8(19)9-4-12-11(15-5-9)2-3-18(12)13-16-6-10(14)7-17-13;1-6(12)7-4-9-8(11-5-7)2-3-10-9/h2-10,19H,1H3;1-9,18H,(H,27,28);2-6H,1H3;2-7H,1H3;2-5,10H,1H3. The van der Waals surface area contributed by atoms with Crippen LogP contribution in [-0.2, 0) is 0 Å². The quantitative estimate of drug-likeness (QED) is 0.0711. The number of ether oxygens (including phenoxy) is 2. The molecule has 0 aliphatic carbocycles. The average Bonchev–Trinajstić information content (AvgIpc) is 1.65. The van der Waals surface area contributed by atoms with Gasteiger partial charge in [-0.25, -0.2) is 62.2 Å². The molecule has 0 aliphatic heterocycles. The van der Waals surface area contributed by atoms with Crippen LogP contribution in [0.25, 0.3) is 101 Å². The number of aromatic amines is 1. The van der Waals surface area contributed by atoms with Crippen molar-refractivity contribution in [2.45, 2.75) is 40.9 Å². The summed E-state index contributed by atoms with van der Waals surface area (Å²) in [7, 11) is 0. The Morgan fingerprint density at radius 1 is 0.404 bits per heavy atom. The highest BCUT2D eigenvalue weighted by Gasteiger charge is 2.22. The topological polar surface area (TPSA) is 327 Å². The van der Waals surface area contributed by atoms with E-state index in [-0.39, 0.29) is 52.1 Å². The van der Waals surface area contributed by atoms with Gasteiger partial charge in [0.05, 0.1) is 109 Å². The van der Waals surface area contributed by atoms with Crippen LogP contribution in [0.4, 0.5) is 35.1 Å². The fourth-order valence-corrected chi connectivity index (χ4v) is 11.1. The molecule has 14 heterocycles. The number of carboxylic acids is 1. The summed E-state index contributed by atoms with van der Waals surface area (Å²) in [6.45, 7) is -0.0298. The summed E-state index contributed by atoms with van der Waals surface area (Å²) in [5.74, 6) is -2.84. The fraction of sp³-hybridized carbons (Fsp3) is 0.0811. The Balaban J connectivity index is 0.000000131. The van der Waals surface area contributed by atoms with Gasteiger partial charge >= 0.3 is 19.2 Å². The Morgan fingerprint density at radius 2 is 0.761 bits per heavy atom. The first-order valence-electron chi connectivity index (χ1n) is 31.7. The Kier molecular flexibility index (Phi) is 22.2. The SMILES string of the molecule is CC(=O)c1cnc2c(-c3cccc(OC(F)F)c3)cn(-c3ncc(F)cn3)c2c1.CC(=O)c1cnc2c(Br)cn(-c3ncc(F)cn3)c2c1.CC(=O)c1cnc2cc[nH]c2c1.CC(=O)c1cnc2ccn(-c3ncc(F)cn3)c2c1.O=C(O)c1cnc2c(-c3cccc(OC(F)F)c3)cn(-c3ncc(F)cn3)c2c1. The predicted octanol–water partition coefficient (Wildman–Crippen LogP) is 15.2. The van der Waals surface area contributed by atoms with Crippen LogP contribution in [0.15, 0.2) is 207 Å². The molecule has 16 aromatic rings. The highest BCUT2D eigenvalue weighted by molar-refractivity contribution is 9.10. The number of carbonyl (C=O) groups is 5. The van der Waals surface area contributed by atoms with Gasteiger partial charge in [0, 0.05) is 95.3 Å². The van der Waals surface area contributed by atoms with E-state index in [1.165, 1.54) is 93.4 Å². The lowest BCUT2D eigenvalue weighted by Crippen LogP contribution is -2.02. The molecule has 2 N–H and O–H groups in total. The van der Waals surface area contributed by atoms with Crippen LogP contribution in [0, 0.1) is 23.3 Å². The van der Waals surface area contributed by atoms with E-state index in [2.05, 4.69) is 95.2 Å². The fourth-order valence-electron chi connectivity index (χ4n) is 10.6. The molecular weight excluding hydrogens is 1500 g/mol. The van der Waals surface area contributed by atoms with Crippen LogP contribution < -0.4 is 9.47 Å². The van der Waals surface area contributed by atoms with E-state index in [1.807, 2.05) is 18.3 Å².